The first-order chi connectivity index (χ1) is 10.1. The minimum atomic E-state index is -0.963. The minimum absolute atomic E-state index is 0.537. The molecule has 6 nitrogen and oxygen atoms in total. The summed E-state index contributed by atoms with van der Waals surface area (Å²) in [6.45, 7) is 0. The summed E-state index contributed by atoms with van der Waals surface area (Å²) < 4.78 is 0. The van der Waals surface area contributed by atoms with Crippen LogP contribution < -0.4 is 11.5 Å². The molecular formula is C13H14N4O2S2. The van der Waals surface area contributed by atoms with Gasteiger partial charge in [0.15, 0.2) is 5.03 Å². The van der Waals surface area contributed by atoms with Crippen LogP contribution in [-0.2, 0) is 0 Å². The van der Waals surface area contributed by atoms with E-state index in [0.29, 0.717) is 0 Å². The van der Waals surface area contributed by atoms with E-state index in [2.05, 4.69) is 65.1 Å². The second-order valence-electron chi connectivity index (χ2n) is 3.56. The molecule has 0 aliphatic carbocycles. The number of nitrogens with two attached hydrogens (primary N) is 2. The van der Waals surface area contributed by atoms with E-state index >= 15 is 0 Å². The van der Waals surface area contributed by atoms with E-state index in [0.717, 1.165) is 0 Å². The molecule has 2 aromatic rings. The Morgan fingerprint density at radius 2 is 1.29 bits per heavy atom. The Hall–Kier alpha value is -2.19. The molecule has 21 heavy (non-hydrogen) atoms. The summed E-state index contributed by atoms with van der Waals surface area (Å²) in [7, 11) is 3.58. The van der Waals surface area contributed by atoms with Gasteiger partial charge in [-0.2, -0.15) is 0 Å². The van der Waals surface area contributed by atoms with Gasteiger partial charge in [-0.25, -0.2) is 10.1 Å². The van der Waals surface area contributed by atoms with Gasteiger partial charge in [0.2, 0.25) is 0 Å². The lowest BCUT2D eigenvalue weighted by Gasteiger charge is -1.99. The second kappa shape index (κ2) is 9.67. The van der Waals surface area contributed by atoms with Crippen molar-refractivity contribution in [1.29, 1.82) is 0 Å². The summed E-state index contributed by atoms with van der Waals surface area (Å²) in [5, 5.41) is 10.8. The van der Waals surface area contributed by atoms with E-state index in [4.69, 9.17) is 0 Å². The lowest BCUT2D eigenvalue weighted by atomic mass is 10.4. The van der Waals surface area contributed by atoms with Crippen LogP contribution in [-0.4, -0.2) is 11.0 Å². The van der Waals surface area contributed by atoms with E-state index in [-0.39, 0.29) is 0 Å². The molecule has 8 heteroatoms. The first kappa shape index (κ1) is 16.9. The van der Waals surface area contributed by atoms with E-state index in [9.17, 15) is 10.1 Å². The highest BCUT2D eigenvalue weighted by Crippen LogP contribution is 2.36. The van der Waals surface area contributed by atoms with Crippen LogP contribution in [0.5, 0.6) is 0 Å². The van der Waals surface area contributed by atoms with Crippen molar-refractivity contribution in [2.75, 3.05) is 0 Å². The van der Waals surface area contributed by atoms with Gasteiger partial charge in [-0.3, -0.25) is 0 Å². The van der Waals surface area contributed by atoms with Gasteiger partial charge in [0, 0.05) is 9.79 Å². The summed E-state index contributed by atoms with van der Waals surface area (Å²) in [6, 6.07) is 20.8. The molecule has 0 saturated heterocycles. The van der Waals surface area contributed by atoms with Crippen molar-refractivity contribution in [2.24, 2.45) is 16.6 Å². The van der Waals surface area contributed by atoms with Crippen LogP contribution in [0.25, 0.3) is 0 Å². The van der Waals surface area contributed by atoms with Crippen molar-refractivity contribution in [2.45, 2.75) is 9.79 Å². The molecule has 2 rings (SSSR count). The first-order valence-corrected chi connectivity index (χ1v) is 7.91. The molecule has 4 N–H and O–H groups in total. The lowest BCUT2D eigenvalue weighted by molar-refractivity contribution is -0.485. The Morgan fingerprint density at radius 3 is 1.52 bits per heavy atom. The number of nitrogens with zero attached hydrogens (tertiary/aromatic N) is 2. The average molecular weight is 322 g/mol. The number of hydrogen-bond donors (Lipinski definition) is 2. The zero-order valence-corrected chi connectivity index (χ0v) is 12.6. The van der Waals surface area contributed by atoms with Crippen molar-refractivity contribution in [3.8, 4) is 0 Å². The van der Waals surface area contributed by atoms with Gasteiger partial charge in [-0.1, -0.05) is 58.0 Å². The van der Waals surface area contributed by atoms with Crippen LogP contribution in [0.2, 0.25) is 0 Å². The fraction of sp³-hybridized carbons (Fsp3) is 0. The Kier molecular flexibility index (Phi) is 7.77. The lowest BCUT2D eigenvalue weighted by Crippen LogP contribution is -2.23. The third-order valence-electron chi connectivity index (χ3n) is 1.92. The van der Waals surface area contributed by atoms with Gasteiger partial charge >= 0.3 is 0 Å². The number of nitro groups is 1. The van der Waals surface area contributed by atoms with Gasteiger partial charge in [-0.05, 0) is 24.3 Å². The van der Waals surface area contributed by atoms with E-state index in [1.165, 1.54) is 9.79 Å². The Bertz CT molecular complexity index is 536. The quantitative estimate of drug-likeness (QED) is 0.294. The zero-order chi connectivity index (χ0) is 15.5. The van der Waals surface area contributed by atoms with Crippen LogP contribution in [0.3, 0.4) is 0 Å². The number of hydrogen-bond acceptors (Lipinski definition) is 4. The summed E-state index contributed by atoms with van der Waals surface area (Å²) >= 11 is 0. The standard InChI is InChI=1S/C12H10S2.CH4N4O2/c1-3-7-11(8-4-1)13-14-12-9-5-2-6-10-12;2-1(3)4-5(6)7/h1-10H;(H4,2,3,4). The molecule has 0 unspecified atom stereocenters. The summed E-state index contributed by atoms with van der Waals surface area (Å²) in [4.78, 5) is 11.9. The molecule has 0 saturated carbocycles. The Morgan fingerprint density at radius 1 is 0.905 bits per heavy atom. The molecule has 2 aromatic carbocycles. The van der Waals surface area contributed by atoms with Gasteiger partial charge < -0.3 is 11.5 Å². The Balaban J connectivity index is 0.000000270. The smallest absolute Gasteiger partial charge is 0.263 e. The van der Waals surface area contributed by atoms with Crippen molar-refractivity contribution in [1.82, 2.24) is 0 Å². The molecule has 0 spiro atoms. The monoisotopic (exact) mass is 322 g/mol. The van der Waals surface area contributed by atoms with Gasteiger partial charge in [0.25, 0.3) is 5.96 Å². The molecule has 0 atom stereocenters. The van der Waals surface area contributed by atoms with Crippen LogP contribution in [0, 0.1) is 10.1 Å². The predicted octanol–water partition coefficient (Wildman–Crippen LogP) is 2.94. The highest BCUT2D eigenvalue weighted by Gasteiger charge is 1.94. The number of rotatable bonds is 4. The summed E-state index contributed by atoms with van der Waals surface area (Å²) in [5.74, 6) is -0.537. The van der Waals surface area contributed by atoms with Gasteiger partial charge in [0.1, 0.15) is 0 Å². The number of benzene rings is 2. The molecule has 0 aliphatic rings. The highest BCUT2D eigenvalue weighted by atomic mass is 33.1. The molecule has 0 radical (unpaired) electrons. The van der Waals surface area contributed by atoms with E-state index in [1.807, 2.05) is 12.1 Å². The maximum Gasteiger partial charge on any atom is 0.263 e. The normalized spacial score (nSPS) is 9.14. The second-order valence-corrected chi connectivity index (χ2v) is 5.83. The number of guanidine groups is 1. The first-order valence-electron chi connectivity index (χ1n) is 5.76. The third kappa shape index (κ3) is 8.56. The fourth-order valence-corrected chi connectivity index (χ4v) is 3.12. The average Bonchev–Trinajstić information content (AvgIpc) is 2.46. The van der Waals surface area contributed by atoms with Crippen LogP contribution in [0.15, 0.2) is 75.6 Å². The molecule has 0 amide bonds. The van der Waals surface area contributed by atoms with Gasteiger partial charge in [0.05, 0.1) is 5.10 Å². The predicted molar refractivity (Wildman–Crippen MR) is 87.4 cm³/mol. The van der Waals surface area contributed by atoms with Crippen molar-refractivity contribution >= 4 is 27.5 Å². The molecule has 0 heterocycles. The topological polar surface area (TPSA) is 108 Å². The maximum atomic E-state index is 9.27. The van der Waals surface area contributed by atoms with E-state index < -0.39 is 11.0 Å². The van der Waals surface area contributed by atoms with E-state index in [1.54, 1.807) is 21.6 Å². The SMILES string of the molecule is NC(N)=N[N+](=O)[O-].c1ccc(SSc2ccccc2)cc1. The molecule has 110 valence electrons. The summed E-state index contributed by atoms with van der Waals surface area (Å²) in [6.07, 6.45) is 0. The van der Waals surface area contributed by atoms with Crippen LogP contribution in [0.4, 0.5) is 0 Å². The number of hydrazone groups is 1. The largest absolute Gasteiger partial charge is 0.365 e. The highest BCUT2D eigenvalue weighted by molar-refractivity contribution is 8.76. The van der Waals surface area contributed by atoms with Gasteiger partial charge in [-0.15, -0.1) is 0 Å². The molecule has 0 bridgehead atoms. The van der Waals surface area contributed by atoms with Crippen molar-refractivity contribution in [3.05, 3.63) is 70.8 Å². The van der Waals surface area contributed by atoms with Crippen LogP contribution in [0.1, 0.15) is 0 Å². The third-order valence-corrected chi connectivity index (χ3v) is 4.33. The Labute approximate surface area is 130 Å². The van der Waals surface area contributed by atoms with Crippen molar-refractivity contribution < 1.29 is 5.03 Å². The molecule has 0 aliphatic heterocycles. The molecular weight excluding hydrogens is 308 g/mol. The maximum absolute atomic E-state index is 9.27. The minimum Gasteiger partial charge on any atom is -0.365 e. The molecule has 0 fully saturated rings. The fourth-order valence-electron chi connectivity index (χ4n) is 1.14. The van der Waals surface area contributed by atoms with Crippen LogP contribution >= 0.6 is 21.6 Å². The molecule has 0 aromatic heterocycles. The summed E-state index contributed by atoms with van der Waals surface area (Å²) in [5.41, 5.74) is 9.16. The zero-order valence-electron chi connectivity index (χ0n) is 11.0. The van der Waals surface area contributed by atoms with Crippen molar-refractivity contribution in [3.63, 3.8) is 0 Å².